The summed E-state index contributed by atoms with van der Waals surface area (Å²) in [6, 6.07) is 7.38. The van der Waals surface area contributed by atoms with E-state index in [2.05, 4.69) is 10.6 Å². The van der Waals surface area contributed by atoms with Crippen LogP contribution in [0.5, 0.6) is 11.5 Å². The fourth-order valence-corrected chi connectivity index (χ4v) is 3.88. The monoisotopic (exact) mass is 389 g/mol. The third-order valence-corrected chi connectivity index (χ3v) is 5.46. The molecule has 2 fully saturated rings. The molecule has 0 bridgehead atoms. The normalized spacial score (nSPS) is 22.0. The number of benzene rings is 1. The van der Waals surface area contributed by atoms with E-state index in [1.54, 1.807) is 7.11 Å². The molecule has 2 aliphatic rings. The Kier molecular flexibility index (Phi) is 7.54. The molecule has 154 valence electrons. The Labute approximate surface area is 166 Å². The second-order valence-corrected chi connectivity index (χ2v) is 7.49. The van der Waals surface area contributed by atoms with Gasteiger partial charge in [0.25, 0.3) is 0 Å². The van der Waals surface area contributed by atoms with Crippen molar-refractivity contribution in [2.45, 2.75) is 38.1 Å². The van der Waals surface area contributed by atoms with Gasteiger partial charge in [-0.2, -0.15) is 0 Å². The second-order valence-electron chi connectivity index (χ2n) is 7.49. The highest BCUT2D eigenvalue weighted by atomic mass is 16.5. The highest BCUT2D eigenvalue weighted by Crippen LogP contribution is 2.26. The molecular formula is C21H31N3O4. The zero-order valence-electron chi connectivity index (χ0n) is 16.6. The lowest BCUT2D eigenvalue weighted by atomic mass is 9.97. The summed E-state index contributed by atoms with van der Waals surface area (Å²) in [6.45, 7) is 3.36. The molecule has 2 heterocycles. The molecule has 0 aromatic heterocycles. The van der Waals surface area contributed by atoms with Crippen LogP contribution in [0.15, 0.2) is 24.3 Å². The fraction of sp³-hybridized carbons (Fsp3) is 0.619. The zero-order chi connectivity index (χ0) is 19.8. The molecular weight excluding hydrogens is 358 g/mol. The van der Waals surface area contributed by atoms with Gasteiger partial charge in [0.15, 0.2) is 11.5 Å². The number of nitrogens with zero attached hydrogens (tertiary/aromatic N) is 1. The lowest BCUT2D eigenvalue weighted by molar-refractivity contribution is -0.133. The lowest BCUT2D eigenvalue weighted by Gasteiger charge is -2.33. The number of hydrogen-bond acceptors (Lipinski definition) is 5. The SMILES string of the molecule is COc1ccccc1OCCC(=O)N1CCCC(CNC(=O)C2CCCN2)C1. The molecule has 0 radical (unpaired) electrons. The molecule has 1 aromatic carbocycles. The van der Waals surface area contributed by atoms with Crippen molar-refractivity contribution in [3.63, 3.8) is 0 Å². The van der Waals surface area contributed by atoms with Gasteiger partial charge in [0.05, 0.1) is 26.2 Å². The van der Waals surface area contributed by atoms with Crippen molar-refractivity contribution < 1.29 is 19.1 Å². The minimum Gasteiger partial charge on any atom is -0.493 e. The van der Waals surface area contributed by atoms with E-state index in [-0.39, 0.29) is 17.9 Å². The summed E-state index contributed by atoms with van der Waals surface area (Å²) in [6.07, 6.45) is 4.32. The van der Waals surface area contributed by atoms with Crippen LogP contribution in [0, 0.1) is 5.92 Å². The van der Waals surface area contributed by atoms with E-state index in [1.165, 1.54) is 0 Å². The molecule has 7 heteroatoms. The first-order chi connectivity index (χ1) is 13.7. The minimum atomic E-state index is -0.0477. The number of ether oxygens (including phenoxy) is 2. The third kappa shape index (κ3) is 5.61. The Bertz CT molecular complexity index is 661. The summed E-state index contributed by atoms with van der Waals surface area (Å²) < 4.78 is 11.0. The molecule has 0 aliphatic carbocycles. The first kappa shape index (κ1) is 20.5. The van der Waals surface area contributed by atoms with Gasteiger partial charge < -0.3 is 25.0 Å². The van der Waals surface area contributed by atoms with E-state index in [9.17, 15) is 9.59 Å². The summed E-state index contributed by atoms with van der Waals surface area (Å²) in [5.74, 6) is 1.82. The van der Waals surface area contributed by atoms with Crippen LogP contribution >= 0.6 is 0 Å². The molecule has 2 atom stereocenters. The number of likely N-dealkylation sites (tertiary alicyclic amines) is 1. The van der Waals surface area contributed by atoms with Gasteiger partial charge >= 0.3 is 0 Å². The number of carbonyl (C=O) groups excluding carboxylic acids is 2. The molecule has 2 amide bonds. The Morgan fingerprint density at radius 3 is 2.79 bits per heavy atom. The highest BCUT2D eigenvalue weighted by molar-refractivity contribution is 5.82. The standard InChI is InChI=1S/C21H31N3O4/c1-27-18-8-2-3-9-19(18)28-13-10-20(25)24-12-5-6-16(15-24)14-23-21(26)17-7-4-11-22-17/h2-3,8-9,16-17,22H,4-7,10-15H2,1H3,(H,23,26). The largest absolute Gasteiger partial charge is 0.493 e. The van der Waals surface area contributed by atoms with Crippen molar-refractivity contribution in [1.29, 1.82) is 0 Å². The smallest absolute Gasteiger partial charge is 0.237 e. The molecule has 1 aromatic rings. The maximum absolute atomic E-state index is 12.6. The topological polar surface area (TPSA) is 79.9 Å². The molecule has 0 spiro atoms. The number of methoxy groups -OCH3 is 1. The molecule has 7 nitrogen and oxygen atoms in total. The Morgan fingerprint density at radius 1 is 1.21 bits per heavy atom. The first-order valence-electron chi connectivity index (χ1n) is 10.2. The van der Waals surface area contributed by atoms with Crippen molar-refractivity contribution in [1.82, 2.24) is 15.5 Å². The van der Waals surface area contributed by atoms with Crippen molar-refractivity contribution in [3.05, 3.63) is 24.3 Å². The van der Waals surface area contributed by atoms with Gasteiger partial charge in [-0.25, -0.2) is 0 Å². The predicted octanol–water partition coefficient (Wildman–Crippen LogP) is 1.57. The summed E-state index contributed by atoms with van der Waals surface area (Å²) in [7, 11) is 1.60. The molecule has 2 unspecified atom stereocenters. The van der Waals surface area contributed by atoms with Gasteiger partial charge in [-0.3, -0.25) is 9.59 Å². The first-order valence-corrected chi connectivity index (χ1v) is 10.2. The molecule has 2 aliphatic heterocycles. The second kappa shape index (κ2) is 10.3. The summed E-state index contributed by atoms with van der Waals surface area (Å²) in [5, 5.41) is 6.27. The number of hydrogen-bond donors (Lipinski definition) is 2. The number of para-hydroxylation sites is 2. The van der Waals surface area contributed by atoms with Crippen LogP contribution < -0.4 is 20.1 Å². The highest BCUT2D eigenvalue weighted by Gasteiger charge is 2.26. The van der Waals surface area contributed by atoms with Gasteiger partial charge in [-0.1, -0.05) is 12.1 Å². The van der Waals surface area contributed by atoms with E-state index in [1.807, 2.05) is 29.2 Å². The number of amides is 2. The van der Waals surface area contributed by atoms with Crippen LogP contribution in [0.1, 0.15) is 32.1 Å². The van der Waals surface area contributed by atoms with E-state index >= 15 is 0 Å². The van der Waals surface area contributed by atoms with E-state index in [4.69, 9.17) is 9.47 Å². The molecule has 2 N–H and O–H groups in total. The molecule has 3 rings (SSSR count). The van der Waals surface area contributed by atoms with Gasteiger partial charge in [0, 0.05) is 19.6 Å². The van der Waals surface area contributed by atoms with E-state index < -0.39 is 0 Å². The van der Waals surface area contributed by atoms with Crippen molar-refractivity contribution in [2.24, 2.45) is 5.92 Å². The van der Waals surface area contributed by atoms with Gasteiger partial charge in [0.1, 0.15) is 0 Å². The van der Waals surface area contributed by atoms with E-state index in [0.717, 1.165) is 38.8 Å². The molecule has 2 saturated heterocycles. The number of piperidine rings is 1. The summed E-state index contributed by atoms with van der Waals surface area (Å²) in [4.78, 5) is 26.6. The van der Waals surface area contributed by atoms with Crippen LogP contribution in [0.2, 0.25) is 0 Å². The number of rotatable bonds is 8. The van der Waals surface area contributed by atoms with Crippen molar-refractivity contribution >= 4 is 11.8 Å². The predicted molar refractivity (Wildman–Crippen MR) is 106 cm³/mol. The summed E-state index contributed by atoms with van der Waals surface area (Å²) >= 11 is 0. The average molecular weight is 389 g/mol. The summed E-state index contributed by atoms with van der Waals surface area (Å²) in [5.41, 5.74) is 0. The van der Waals surface area contributed by atoms with Gasteiger partial charge in [-0.05, 0) is 50.3 Å². The van der Waals surface area contributed by atoms with Crippen LogP contribution in [-0.2, 0) is 9.59 Å². The van der Waals surface area contributed by atoms with Crippen LogP contribution in [-0.4, -0.2) is 62.7 Å². The van der Waals surface area contributed by atoms with Crippen LogP contribution in [0.25, 0.3) is 0 Å². The fourth-order valence-electron chi connectivity index (χ4n) is 3.88. The van der Waals surface area contributed by atoms with Crippen LogP contribution in [0.4, 0.5) is 0 Å². The Morgan fingerprint density at radius 2 is 2.04 bits per heavy atom. The Hall–Kier alpha value is -2.28. The quantitative estimate of drug-likeness (QED) is 0.706. The lowest BCUT2D eigenvalue weighted by Crippen LogP contribution is -2.46. The average Bonchev–Trinajstić information content (AvgIpc) is 3.27. The third-order valence-electron chi connectivity index (χ3n) is 5.46. The molecule has 28 heavy (non-hydrogen) atoms. The maximum atomic E-state index is 12.6. The maximum Gasteiger partial charge on any atom is 0.237 e. The van der Waals surface area contributed by atoms with Crippen LogP contribution in [0.3, 0.4) is 0 Å². The van der Waals surface area contributed by atoms with E-state index in [0.29, 0.717) is 43.5 Å². The minimum absolute atomic E-state index is 0.0477. The number of nitrogens with one attached hydrogen (secondary N) is 2. The van der Waals surface area contributed by atoms with Gasteiger partial charge in [0.2, 0.25) is 11.8 Å². The number of carbonyl (C=O) groups is 2. The van der Waals surface area contributed by atoms with Crippen molar-refractivity contribution in [2.75, 3.05) is 39.9 Å². The Balaban J connectivity index is 1.39. The van der Waals surface area contributed by atoms with Crippen molar-refractivity contribution in [3.8, 4) is 11.5 Å². The van der Waals surface area contributed by atoms with Gasteiger partial charge in [-0.15, -0.1) is 0 Å². The molecule has 0 saturated carbocycles. The zero-order valence-corrected chi connectivity index (χ0v) is 16.6.